The van der Waals surface area contributed by atoms with E-state index in [1.54, 1.807) is 0 Å². The number of nitrogens with one attached hydrogen (secondary N) is 1. The quantitative estimate of drug-likeness (QED) is 0.902. The molecule has 1 aliphatic carbocycles. The van der Waals surface area contributed by atoms with Crippen molar-refractivity contribution in [2.24, 2.45) is 5.73 Å². The van der Waals surface area contributed by atoms with Crippen molar-refractivity contribution in [1.82, 2.24) is 0 Å². The first-order chi connectivity index (χ1) is 9.05. The van der Waals surface area contributed by atoms with Crippen LogP contribution < -0.4 is 15.8 Å². The number of nitrogens with two attached hydrogens (primary N) is 1. The predicted molar refractivity (Wildman–Crippen MR) is 78.8 cm³/mol. The summed E-state index contributed by atoms with van der Waals surface area (Å²) in [6.45, 7) is 0. The molecule has 1 aromatic rings. The average Bonchev–Trinajstić information content (AvgIpc) is 2.41. The summed E-state index contributed by atoms with van der Waals surface area (Å²) in [5.74, 6) is -0.561. The summed E-state index contributed by atoms with van der Waals surface area (Å²) < 4.78 is 18.2. The fourth-order valence-corrected chi connectivity index (χ4v) is 2.40. The number of anilines is 1. The fourth-order valence-electron chi connectivity index (χ4n) is 2.40. The molecule has 1 aromatic carbocycles. The van der Waals surface area contributed by atoms with Crippen molar-refractivity contribution >= 4 is 24.0 Å². The molecule has 0 spiro atoms. The Morgan fingerprint density at radius 3 is 2.60 bits per heavy atom. The number of ether oxygens (including phenoxy) is 1. The summed E-state index contributed by atoms with van der Waals surface area (Å²) in [6, 6.07) is 4.22. The van der Waals surface area contributed by atoms with E-state index < -0.39 is 11.4 Å². The summed E-state index contributed by atoms with van der Waals surface area (Å²) >= 11 is 0. The molecule has 20 heavy (non-hydrogen) atoms. The summed E-state index contributed by atoms with van der Waals surface area (Å²) in [6.07, 6.45) is 4.44. The van der Waals surface area contributed by atoms with Gasteiger partial charge in [0.25, 0.3) is 0 Å². The normalized spacial score (nSPS) is 16.9. The number of benzene rings is 1. The number of amides is 1. The van der Waals surface area contributed by atoms with Crippen LogP contribution in [0.3, 0.4) is 0 Å². The van der Waals surface area contributed by atoms with Gasteiger partial charge < -0.3 is 15.8 Å². The van der Waals surface area contributed by atoms with Crippen LogP contribution in [0, 0.1) is 5.82 Å². The highest BCUT2D eigenvalue weighted by atomic mass is 35.5. The summed E-state index contributed by atoms with van der Waals surface area (Å²) in [5, 5.41) is 2.74. The number of methoxy groups -OCH3 is 1. The van der Waals surface area contributed by atoms with Crippen LogP contribution in [-0.2, 0) is 4.79 Å². The van der Waals surface area contributed by atoms with Crippen LogP contribution in [0.5, 0.6) is 5.75 Å². The lowest BCUT2D eigenvalue weighted by Gasteiger charge is -2.31. The van der Waals surface area contributed by atoms with Gasteiger partial charge in [0.2, 0.25) is 5.91 Å². The second-order valence-electron chi connectivity index (χ2n) is 5.02. The van der Waals surface area contributed by atoms with E-state index in [9.17, 15) is 9.18 Å². The first-order valence-corrected chi connectivity index (χ1v) is 6.49. The van der Waals surface area contributed by atoms with Gasteiger partial charge in [-0.05, 0) is 25.0 Å². The van der Waals surface area contributed by atoms with Crippen molar-refractivity contribution in [2.45, 2.75) is 37.6 Å². The van der Waals surface area contributed by atoms with E-state index in [1.807, 2.05) is 0 Å². The Balaban J connectivity index is 0.00000200. The number of carbonyl (C=O) groups is 1. The maximum Gasteiger partial charge on any atom is 0.244 e. The Bertz CT molecular complexity index is 476. The maximum absolute atomic E-state index is 13.3. The highest BCUT2D eigenvalue weighted by molar-refractivity contribution is 5.98. The largest absolute Gasteiger partial charge is 0.494 e. The van der Waals surface area contributed by atoms with E-state index in [0.717, 1.165) is 19.3 Å². The van der Waals surface area contributed by atoms with E-state index in [-0.39, 0.29) is 24.1 Å². The Morgan fingerprint density at radius 1 is 1.35 bits per heavy atom. The van der Waals surface area contributed by atoms with E-state index in [4.69, 9.17) is 10.5 Å². The molecule has 1 amide bonds. The van der Waals surface area contributed by atoms with Crippen LogP contribution in [0.15, 0.2) is 18.2 Å². The zero-order valence-corrected chi connectivity index (χ0v) is 12.3. The van der Waals surface area contributed by atoms with Crippen LogP contribution >= 0.6 is 12.4 Å². The summed E-state index contributed by atoms with van der Waals surface area (Å²) in [4.78, 5) is 12.2. The number of hydrogen-bond acceptors (Lipinski definition) is 3. The molecule has 0 heterocycles. The number of rotatable bonds is 3. The molecule has 6 heteroatoms. The molecule has 112 valence electrons. The van der Waals surface area contributed by atoms with Crippen molar-refractivity contribution < 1.29 is 13.9 Å². The standard InChI is InChI=1S/C14H19FN2O2.ClH/c1-19-12-9-10(5-6-11(12)15)17-13(18)14(16)7-3-2-4-8-14;/h5-6,9H,2-4,7-8,16H2,1H3,(H,17,18);1H. The molecule has 0 radical (unpaired) electrons. The van der Waals surface area contributed by atoms with Gasteiger partial charge in [0, 0.05) is 11.8 Å². The Kier molecular flexibility index (Phi) is 5.77. The van der Waals surface area contributed by atoms with Gasteiger partial charge in [-0.15, -0.1) is 12.4 Å². The molecule has 0 aromatic heterocycles. The number of hydrogen-bond donors (Lipinski definition) is 2. The van der Waals surface area contributed by atoms with Crippen LogP contribution in [0.4, 0.5) is 10.1 Å². The zero-order valence-electron chi connectivity index (χ0n) is 11.4. The Hall–Kier alpha value is -1.33. The molecule has 0 saturated heterocycles. The lowest BCUT2D eigenvalue weighted by molar-refractivity contribution is -0.122. The lowest BCUT2D eigenvalue weighted by atomic mass is 9.82. The summed E-state index contributed by atoms with van der Waals surface area (Å²) in [7, 11) is 1.38. The molecule has 1 fully saturated rings. The van der Waals surface area contributed by atoms with Gasteiger partial charge in [-0.1, -0.05) is 19.3 Å². The third-order valence-corrected chi connectivity index (χ3v) is 3.61. The fraction of sp³-hybridized carbons (Fsp3) is 0.500. The van der Waals surface area contributed by atoms with E-state index in [2.05, 4.69) is 5.32 Å². The van der Waals surface area contributed by atoms with Crippen LogP contribution in [-0.4, -0.2) is 18.6 Å². The van der Waals surface area contributed by atoms with Crippen molar-refractivity contribution in [3.8, 4) is 5.75 Å². The Labute approximate surface area is 124 Å². The van der Waals surface area contributed by atoms with Gasteiger partial charge in [-0.25, -0.2) is 4.39 Å². The van der Waals surface area contributed by atoms with Gasteiger partial charge in [-0.3, -0.25) is 4.79 Å². The molecule has 0 unspecified atom stereocenters. The van der Waals surface area contributed by atoms with Crippen LogP contribution in [0.2, 0.25) is 0 Å². The van der Waals surface area contributed by atoms with Crippen molar-refractivity contribution in [3.63, 3.8) is 0 Å². The molecule has 0 aliphatic heterocycles. The van der Waals surface area contributed by atoms with Crippen LogP contribution in [0.25, 0.3) is 0 Å². The first-order valence-electron chi connectivity index (χ1n) is 6.49. The molecule has 0 bridgehead atoms. The van der Waals surface area contributed by atoms with Crippen LogP contribution in [0.1, 0.15) is 32.1 Å². The zero-order chi connectivity index (χ0) is 13.9. The average molecular weight is 303 g/mol. The molecule has 0 atom stereocenters. The van der Waals surface area contributed by atoms with Gasteiger partial charge in [0.1, 0.15) is 0 Å². The lowest BCUT2D eigenvalue weighted by Crippen LogP contribution is -2.52. The van der Waals surface area contributed by atoms with Gasteiger partial charge in [0.05, 0.1) is 12.6 Å². The van der Waals surface area contributed by atoms with E-state index in [0.29, 0.717) is 18.5 Å². The minimum absolute atomic E-state index is 0. The maximum atomic E-state index is 13.3. The molecule has 2 rings (SSSR count). The Morgan fingerprint density at radius 2 is 2.00 bits per heavy atom. The number of carbonyl (C=O) groups excluding carboxylic acids is 1. The smallest absolute Gasteiger partial charge is 0.244 e. The van der Waals surface area contributed by atoms with E-state index >= 15 is 0 Å². The molecule has 1 aliphatic rings. The molecular formula is C14H20ClFN2O2. The van der Waals surface area contributed by atoms with Crippen molar-refractivity contribution in [1.29, 1.82) is 0 Å². The monoisotopic (exact) mass is 302 g/mol. The number of halogens is 2. The minimum atomic E-state index is -0.806. The second-order valence-corrected chi connectivity index (χ2v) is 5.02. The summed E-state index contributed by atoms with van der Waals surface area (Å²) in [5.41, 5.74) is 5.83. The topological polar surface area (TPSA) is 64.3 Å². The SMILES string of the molecule is COc1cc(NC(=O)C2(N)CCCCC2)ccc1F.Cl. The van der Waals surface area contributed by atoms with E-state index in [1.165, 1.54) is 25.3 Å². The minimum Gasteiger partial charge on any atom is -0.494 e. The highest BCUT2D eigenvalue weighted by Crippen LogP contribution is 2.28. The molecule has 4 nitrogen and oxygen atoms in total. The van der Waals surface area contributed by atoms with Gasteiger partial charge in [-0.2, -0.15) is 0 Å². The molecule has 3 N–H and O–H groups in total. The van der Waals surface area contributed by atoms with Crippen molar-refractivity contribution in [2.75, 3.05) is 12.4 Å². The van der Waals surface area contributed by atoms with Gasteiger partial charge >= 0.3 is 0 Å². The predicted octanol–water partition coefficient (Wildman–Crippen LogP) is 2.86. The molecular weight excluding hydrogens is 283 g/mol. The second kappa shape index (κ2) is 6.90. The highest BCUT2D eigenvalue weighted by Gasteiger charge is 2.35. The third kappa shape index (κ3) is 3.61. The first kappa shape index (κ1) is 16.7. The third-order valence-electron chi connectivity index (χ3n) is 3.61. The van der Waals surface area contributed by atoms with Crippen molar-refractivity contribution in [3.05, 3.63) is 24.0 Å². The van der Waals surface area contributed by atoms with Gasteiger partial charge in [0.15, 0.2) is 11.6 Å². The molecule has 1 saturated carbocycles.